The van der Waals surface area contributed by atoms with Crippen LogP contribution in [0.2, 0.25) is 0 Å². The normalized spacial score (nSPS) is 27.8. The number of hydrazine groups is 1. The zero-order valence-corrected chi connectivity index (χ0v) is 5.34. The standard InChI is InChI=1S/C5H8N2O2/c1-3-4(8)5(9)7(2)6-3/h3,6H,1-2H3. The Morgan fingerprint density at radius 1 is 1.56 bits per heavy atom. The maximum absolute atomic E-state index is 10.7. The summed E-state index contributed by atoms with van der Waals surface area (Å²) in [6.45, 7) is 1.66. The van der Waals surface area contributed by atoms with E-state index in [1.807, 2.05) is 0 Å². The van der Waals surface area contributed by atoms with Gasteiger partial charge in [-0.15, -0.1) is 0 Å². The third-order valence-corrected chi connectivity index (χ3v) is 1.30. The smallest absolute Gasteiger partial charge is 0.287 e. The molecule has 1 amide bonds. The van der Waals surface area contributed by atoms with Gasteiger partial charge in [0.05, 0.1) is 6.04 Å². The van der Waals surface area contributed by atoms with Crippen LogP contribution in [0.3, 0.4) is 0 Å². The maximum atomic E-state index is 10.7. The van der Waals surface area contributed by atoms with E-state index in [0.717, 1.165) is 0 Å². The molecular weight excluding hydrogens is 120 g/mol. The van der Waals surface area contributed by atoms with Crippen molar-refractivity contribution in [1.29, 1.82) is 0 Å². The number of carbonyl (C=O) groups excluding carboxylic acids is 2. The summed E-state index contributed by atoms with van der Waals surface area (Å²) in [4.78, 5) is 21.3. The third-order valence-electron chi connectivity index (χ3n) is 1.30. The predicted molar refractivity (Wildman–Crippen MR) is 30.4 cm³/mol. The second kappa shape index (κ2) is 1.80. The molecule has 4 nitrogen and oxygen atoms in total. The molecule has 0 aliphatic carbocycles. The van der Waals surface area contributed by atoms with E-state index in [4.69, 9.17) is 0 Å². The molecule has 0 aromatic heterocycles. The van der Waals surface area contributed by atoms with Gasteiger partial charge in [-0.3, -0.25) is 14.6 Å². The second-order valence-corrected chi connectivity index (χ2v) is 2.08. The molecule has 0 radical (unpaired) electrons. The van der Waals surface area contributed by atoms with E-state index in [-0.39, 0.29) is 11.8 Å². The van der Waals surface area contributed by atoms with Crippen molar-refractivity contribution in [3.8, 4) is 0 Å². The minimum absolute atomic E-state index is 0.345. The van der Waals surface area contributed by atoms with E-state index in [1.54, 1.807) is 6.92 Å². The summed E-state index contributed by atoms with van der Waals surface area (Å²) >= 11 is 0. The molecule has 1 unspecified atom stereocenters. The van der Waals surface area contributed by atoms with Gasteiger partial charge in [0, 0.05) is 7.05 Å². The maximum Gasteiger partial charge on any atom is 0.305 e. The van der Waals surface area contributed by atoms with Crippen LogP contribution in [-0.4, -0.2) is 29.8 Å². The van der Waals surface area contributed by atoms with Crippen LogP contribution >= 0.6 is 0 Å². The zero-order chi connectivity index (χ0) is 7.02. The van der Waals surface area contributed by atoms with Gasteiger partial charge in [0.2, 0.25) is 5.78 Å². The van der Waals surface area contributed by atoms with Gasteiger partial charge >= 0.3 is 5.91 Å². The summed E-state index contributed by atoms with van der Waals surface area (Å²) in [5.74, 6) is -0.819. The van der Waals surface area contributed by atoms with Crippen LogP contribution in [0.15, 0.2) is 0 Å². The van der Waals surface area contributed by atoms with E-state index >= 15 is 0 Å². The van der Waals surface area contributed by atoms with Gasteiger partial charge in [0.1, 0.15) is 0 Å². The molecule has 1 aliphatic heterocycles. The summed E-state index contributed by atoms with van der Waals surface area (Å²) in [5.41, 5.74) is 2.65. The first-order valence-electron chi connectivity index (χ1n) is 2.71. The Bertz CT molecular complexity index is 148. The van der Waals surface area contributed by atoms with Gasteiger partial charge in [-0.25, -0.2) is 5.43 Å². The molecule has 0 spiro atoms. The lowest BCUT2D eigenvalue weighted by atomic mass is 10.2. The summed E-state index contributed by atoms with van der Waals surface area (Å²) < 4.78 is 0. The quantitative estimate of drug-likeness (QED) is 0.422. The minimum atomic E-state index is -0.456. The second-order valence-electron chi connectivity index (χ2n) is 2.08. The Hall–Kier alpha value is -0.900. The third kappa shape index (κ3) is 0.810. The summed E-state index contributed by atoms with van der Waals surface area (Å²) in [5, 5.41) is 1.20. The van der Waals surface area contributed by atoms with Crippen LogP contribution in [0.4, 0.5) is 0 Å². The lowest BCUT2D eigenvalue weighted by Gasteiger charge is -2.05. The highest BCUT2D eigenvalue weighted by Crippen LogP contribution is 1.98. The van der Waals surface area contributed by atoms with Gasteiger partial charge < -0.3 is 0 Å². The number of amides is 1. The fourth-order valence-electron chi connectivity index (χ4n) is 0.758. The fourth-order valence-corrected chi connectivity index (χ4v) is 0.758. The van der Waals surface area contributed by atoms with Crippen molar-refractivity contribution in [2.24, 2.45) is 0 Å². The molecule has 1 aliphatic rings. The van der Waals surface area contributed by atoms with Gasteiger partial charge in [0.25, 0.3) is 0 Å². The largest absolute Gasteiger partial charge is 0.305 e. The number of hydrogen-bond acceptors (Lipinski definition) is 3. The molecule has 0 saturated carbocycles. The lowest BCUT2D eigenvalue weighted by Crippen LogP contribution is -2.32. The van der Waals surface area contributed by atoms with Crippen LogP contribution in [0.5, 0.6) is 0 Å². The lowest BCUT2D eigenvalue weighted by molar-refractivity contribution is -0.139. The first-order valence-corrected chi connectivity index (χ1v) is 2.71. The Morgan fingerprint density at radius 3 is 2.22 bits per heavy atom. The summed E-state index contributed by atoms with van der Waals surface area (Å²) in [6, 6.07) is -0.345. The highest BCUT2D eigenvalue weighted by atomic mass is 16.2. The molecule has 4 heteroatoms. The van der Waals surface area contributed by atoms with Crippen LogP contribution in [0.25, 0.3) is 0 Å². The van der Waals surface area contributed by atoms with Crippen molar-refractivity contribution in [1.82, 2.24) is 10.4 Å². The van der Waals surface area contributed by atoms with Gasteiger partial charge in [-0.1, -0.05) is 0 Å². The van der Waals surface area contributed by atoms with Crippen LogP contribution in [-0.2, 0) is 9.59 Å². The van der Waals surface area contributed by atoms with E-state index in [9.17, 15) is 9.59 Å². The first-order chi connectivity index (χ1) is 4.13. The Labute approximate surface area is 52.8 Å². The van der Waals surface area contributed by atoms with E-state index in [1.165, 1.54) is 12.1 Å². The molecule has 50 valence electrons. The molecule has 0 aromatic rings. The molecular formula is C5H8N2O2. The van der Waals surface area contributed by atoms with Crippen molar-refractivity contribution in [3.05, 3.63) is 0 Å². The Kier molecular flexibility index (Phi) is 1.25. The molecule has 0 bridgehead atoms. The highest BCUT2D eigenvalue weighted by molar-refractivity contribution is 6.39. The molecule has 1 atom stereocenters. The zero-order valence-electron chi connectivity index (χ0n) is 5.34. The molecule has 9 heavy (non-hydrogen) atoms. The fraction of sp³-hybridized carbons (Fsp3) is 0.600. The van der Waals surface area contributed by atoms with Crippen molar-refractivity contribution in [2.45, 2.75) is 13.0 Å². The highest BCUT2D eigenvalue weighted by Gasteiger charge is 2.32. The monoisotopic (exact) mass is 128 g/mol. The van der Waals surface area contributed by atoms with Crippen LogP contribution in [0, 0.1) is 0 Å². The van der Waals surface area contributed by atoms with E-state index in [0.29, 0.717) is 0 Å². The van der Waals surface area contributed by atoms with E-state index < -0.39 is 5.91 Å². The minimum Gasteiger partial charge on any atom is -0.287 e. The van der Waals surface area contributed by atoms with Gasteiger partial charge in [-0.05, 0) is 6.92 Å². The average molecular weight is 128 g/mol. The number of rotatable bonds is 0. The Morgan fingerprint density at radius 2 is 2.11 bits per heavy atom. The van der Waals surface area contributed by atoms with Crippen molar-refractivity contribution >= 4 is 11.7 Å². The number of Topliss-reactive ketones (excluding diaryl/α,β-unsaturated/α-hetero) is 1. The molecule has 1 N–H and O–H groups in total. The topological polar surface area (TPSA) is 49.4 Å². The molecule has 1 saturated heterocycles. The SMILES string of the molecule is CC1NN(C)C(=O)C1=O. The summed E-state index contributed by atoms with van der Waals surface area (Å²) in [7, 11) is 1.53. The number of nitrogens with one attached hydrogen (secondary N) is 1. The van der Waals surface area contributed by atoms with Crippen LogP contribution < -0.4 is 5.43 Å². The molecule has 1 rings (SSSR count). The van der Waals surface area contributed by atoms with Gasteiger partial charge in [0.15, 0.2) is 0 Å². The number of ketones is 1. The Balaban J connectivity index is 2.77. The molecule has 0 aromatic carbocycles. The molecule has 1 fully saturated rings. The number of hydrogen-bond donors (Lipinski definition) is 1. The van der Waals surface area contributed by atoms with Crippen LogP contribution in [0.1, 0.15) is 6.92 Å². The predicted octanol–water partition coefficient (Wildman–Crippen LogP) is -1.08. The van der Waals surface area contributed by atoms with Crippen molar-refractivity contribution < 1.29 is 9.59 Å². The summed E-state index contributed by atoms with van der Waals surface area (Å²) in [6.07, 6.45) is 0. The van der Waals surface area contributed by atoms with Gasteiger partial charge in [-0.2, -0.15) is 0 Å². The molecule has 1 heterocycles. The van der Waals surface area contributed by atoms with Crippen molar-refractivity contribution in [2.75, 3.05) is 7.05 Å². The van der Waals surface area contributed by atoms with Crippen molar-refractivity contribution in [3.63, 3.8) is 0 Å². The average Bonchev–Trinajstić information content (AvgIpc) is 1.98. The first kappa shape index (κ1) is 6.22. The number of carbonyl (C=O) groups is 2. The number of nitrogens with zero attached hydrogens (tertiary/aromatic N) is 1. The van der Waals surface area contributed by atoms with E-state index in [2.05, 4.69) is 5.43 Å². The number of likely N-dealkylation sites (N-methyl/N-ethyl adjacent to an activating group) is 1.